The third kappa shape index (κ3) is 2.99. The largest absolute Gasteiger partial charge is 0.461 e. The molecule has 0 aliphatic rings. The molecule has 26 heavy (non-hydrogen) atoms. The Balaban J connectivity index is 2.08. The van der Waals surface area contributed by atoms with Crippen molar-refractivity contribution in [2.24, 2.45) is 14.1 Å². The minimum atomic E-state index is -3.96. The molecule has 0 fully saturated rings. The van der Waals surface area contributed by atoms with Gasteiger partial charge in [0.2, 0.25) is 5.95 Å². The van der Waals surface area contributed by atoms with Crippen molar-refractivity contribution in [2.75, 3.05) is 11.3 Å². The van der Waals surface area contributed by atoms with Crippen LogP contribution in [0.2, 0.25) is 5.02 Å². The van der Waals surface area contributed by atoms with Crippen LogP contribution in [0.5, 0.6) is 0 Å². The Morgan fingerprint density at radius 3 is 2.69 bits per heavy atom. The van der Waals surface area contributed by atoms with Gasteiger partial charge in [0.05, 0.1) is 17.1 Å². The van der Waals surface area contributed by atoms with Gasteiger partial charge in [-0.05, 0) is 13.0 Å². The predicted molar refractivity (Wildman–Crippen MR) is 93.5 cm³/mol. The van der Waals surface area contributed by atoms with Crippen LogP contribution < -0.4 is 4.72 Å². The first kappa shape index (κ1) is 18.1. The fourth-order valence-electron chi connectivity index (χ4n) is 2.38. The van der Waals surface area contributed by atoms with E-state index in [-0.39, 0.29) is 28.2 Å². The summed E-state index contributed by atoms with van der Waals surface area (Å²) in [6.07, 6.45) is 2.38. The molecule has 0 radical (unpaired) electrons. The molecule has 3 heterocycles. The van der Waals surface area contributed by atoms with E-state index in [1.807, 2.05) is 0 Å². The molecule has 0 aromatic carbocycles. The smallest absolute Gasteiger partial charge is 0.356 e. The normalized spacial score (nSPS) is 11.7. The first-order chi connectivity index (χ1) is 12.3. The third-order valence-corrected chi connectivity index (χ3v) is 5.32. The number of rotatable bonds is 5. The fourth-order valence-corrected chi connectivity index (χ4v) is 3.73. The summed E-state index contributed by atoms with van der Waals surface area (Å²) in [4.78, 5) is 19.9. The van der Waals surface area contributed by atoms with Crippen LogP contribution in [0.25, 0.3) is 11.0 Å². The van der Waals surface area contributed by atoms with Gasteiger partial charge in [0.1, 0.15) is 22.4 Å². The van der Waals surface area contributed by atoms with E-state index >= 15 is 0 Å². The molecule has 3 aromatic heterocycles. The Morgan fingerprint density at radius 1 is 1.35 bits per heavy atom. The van der Waals surface area contributed by atoms with Gasteiger partial charge >= 0.3 is 5.97 Å². The molecule has 0 spiro atoms. The van der Waals surface area contributed by atoms with Crippen molar-refractivity contribution in [1.82, 2.24) is 24.3 Å². The number of hydrogen-bond acceptors (Lipinski definition) is 7. The highest BCUT2D eigenvalue weighted by Crippen LogP contribution is 2.30. The van der Waals surface area contributed by atoms with E-state index in [1.165, 1.54) is 21.6 Å². The first-order valence-electron chi connectivity index (χ1n) is 7.44. The number of aromatic nitrogens is 5. The number of fused-ring (bicyclic) bond motifs is 1. The number of carbonyl (C=O) groups is 1. The van der Waals surface area contributed by atoms with E-state index in [9.17, 15) is 13.2 Å². The van der Waals surface area contributed by atoms with Gasteiger partial charge in [-0.25, -0.2) is 22.6 Å². The Kier molecular flexibility index (Phi) is 4.59. The SMILES string of the molecule is CCOC(=O)c1c(Cl)c2ncc(S(=O)(=O)Nc3ncnn3C)cc2n1C. The number of pyridine rings is 1. The van der Waals surface area contributed by atoms with Crippen molar-refractivity contribution in [1.29, 1.82) is 0 Å². The van der Waals surface area contributed by atoms with Crippen molar-refractivity contribution in [3.63, 3.8) is 0 Å². The van der Waals surface area contributed by atoms with Crippen LogP contribution in [0.3, 0.4) is 0 Å². The van der Waals surface area contributed by atoms with Crippen LogP contribution in [0.1, 0.15) is 17.4 Å². The molecule has 138 valence electrons. The number of ether oxygens (including phenoxy) is 1. The van der Waals surface area contributed by atoms with Gasteiger partial charge in [0, 0.05) is 20.3 Å². The summed E-state index contributed by atoms with van der Waals surface area (Å²) >= 11 is 6.22. The molecule has 0 atom stereocenters. The Labute approximate surface area is 153 Å². The molecule has 3 rings (SSSR count). The topological polar surface area (TPSA) is 121 Å². The summed E-state index contributed by atoms with van der Waals surface area (Å²) in [5.41, 5.74) is 0.778. The van der Waals surface area contributed by atoms with E-state index in [1.54, 1.807) is 21.0 Å². The molecule has 3 aromatic rings. The first-order valence-corrected chi connectivity index (χ1v) is 9.30. The van der Waals surface area contributed by atoms with Gasteiger partial charge in [-0.15, -0.1) is 0 Å². The van der Waals surface area contributed by atoms with Gasteiger partial charge in [-0.3, -0.25) is 4.98 Å². The standard InChI is InChI=1S/C14H15ClN6O4S/c1-4-25-13(22)12-10(15)11-9(20(12)2)5-8(6-16-11)26(23,24)19-14-17-7-18-21(14)3/h5-7H,4H2,1-3H3,(H,17,18,19). The Bertz CT molecular complexity index is 1100. The van der Waals surface area contributed by atoms with Crippen molar-refractivity contribution in [2.45, 2.75) is 11.8 Å². The molecule has 0 aliphatic carbocycles. The molecular formula is C14H15ClN6O4S. The minimum Gasteiger partial charge on any atom is -0.461 e. The van der Waals surface area contributed by atoms with Gasteiger partial charge in [-0.1, -0.05) is 11.6 Å². The number of carbonyl (C=O) groups excluding carboxylic acids is 1. The summed E-state index contributed by atoms with van der Waals surface area (Å²) in [6.45, 7) is 1.86. The van der Waals surface area contributed by atoms with Crippen LogP contribution in [0.4, 0.5) is 5.95 Å². The zero-order valence-corrected chi connectivity index (χ0v) is 15.7. The molecule has 0 amide bonds. The number of halogens is 1. The second-order valence-electron chi connectivity index (χ2n) is 5.29. The van der Waals surface area contributed by atoms with Crippen LogP contribution in [-0.2, 0) is 28.9 Å². The van der Waals surface area contributed by atoms with Crippen LogP contribution in [-0.4, -0.2) is 45.3 Å². The summed E-state index contributed by atoms with van der Waals surface area (Å²) in [5.74, 6) is -0.554. The number of nitrogens with zero attached hydrogens (tertiary/aromatic N) is 5. The van der Waals surface area contributed by atoms with Crippen molar-refractivity contribution in [3.8, 4) is 0 Å². The molecule has 0 saturated carbocycles. The highest BCUT2D eigenvalue weighted by atomic mass is 35.5. The average molecular weight is 399 g/mol. The molecule has 12 heteroatoms. The second kappa shape index (κ2) is 6.57. The van der Waals surface area contributed by atoms with E-state index < -0.39 is 16.0 Å². The maximum absolute atomic E-state index is 12.6. The van der Waals surface area contributed by atoms with E-state index in [0.29, 0.717) is 11.0 Å². The zero-order valence-electron chi connectivity index (χ0n) is 14.1. The minimum absolute atomic E-state index is 0.0576. The highest BCUT2D eigenvalue weighted by molar-refractivity contribution is 7.92. The third-order valence-electron chi connectivity index (χ3n) is 3.67. The zero-order chi connectivity index (χ0) is 19.1. The van der Waals surface area contributed by atoms with Gasteiger partial charge in [0.15, 0.2) is 0 Å². The predicted octanol–water partition coefficient (Wildman–Crippen LogP) is 1.33. The summed E-state index contributed by atoms with van der Waals surface area (Å²) in [7, 11) is -0.828. The van der Waals surface area contributed by atoms with Crippen LogP contribution in [0.15, 0.2) is 23.5 Å². The molecular weight excluding hydrogens is 384 g/mol. The second-order valence-corrected chi connectivity index (χ2v) is 7.35. The Morgan fingerprint density at radius 2 is 2.08 bits per heavy atom. The number of anilines is 1. The monoisotopic (exact) mass is 398 g/mol. The maximum Gasteiger partial charge on any atom is 0.356 e. The quantitative estimate of drug-likeness (QED) is 0.643. The Hall–Kier alpha value is -2.66. The van der Waals surface area contributed by atoms with Crippen molar-refractivity contribution >= 4 is 44.6 Å². The van der Waals surface area contributed by atoms with E-state index in [2.05, 4.69) is 19.8 Å². The summed E-state index contributed by atoms with van der Waals surface area (Å²) in [6, 6.07) is 1.37. The maximum atomic E-state index is 12.6. The summed E-state index contributed by atoms with van der Waals surface area (Å²) in [5, 5.41) is 3.90. The fraction of sp³-hybridized carbons (Fsp3) is 0.286. The summed E-state index contributed by atoms with van der Waals surface area (Å²) < 4.78 is 35.2. The average Bonchev–Trinajstić information content (AvgIpc) is 3.09. The number of nitrogens with one attached hydrogen (secondary N) is 1. The molecule has 10 nitrogen and oxygen atoms in total. The van der Waals surface area contributed by atoms with Gasteiger partial charge in [0.25, 0.3) is 10.0 Å². The lowest BCUT2D eigenvalue weighted by atomic mass is 10.3. The lowest BCUT2D eigenvalue weighted by Crippen LogP contribution is -2.16. The van der Waals surface area contributed by atoms with Gasteiger partial charge < -0.3 is 9.30 Å². The lowest BCUT2D eigenvalue weighted by molar-refractivity contribution is 0.0516. The van der Waals surface area contributed by atoms with E-state index in [0.717, 1.165) is 6.20 Å². The number of aryl methyl sites for hydroxylation is 2. The molecule has 0 saturated heterocycles. The van der Waals surface area contributed by atoms with Crippen LogP contribution in [0, 0.1) is 0 Å². The lowest BCUT2D eigenvalue weighted by Gasteiger charge is -2.07. The molecule has 1 N–H and O–H groups in total. The van der Waals surface area contributed by atoms with Gasteiger partial charge in [-0.2, -0.15) is 10.1 Å². The highest BCUT2D eigenvalue weighted by Gasteiger charge is 2.25. The number of hydrogen-bond donors (Lipinski definition) is 1. The number of esters is 1. The number of sulfonamides is 1. The van der Waals surface area contributed by atoms with Crippen molar-refractivity contribution < 1.29 is 17.9 Å². The van der Waals surface area contributed by atoms with Crippen molar-refractivity contribution in [3.05, 3.63) is 29.3 Å². The molecule has 0 unspecified atom stereocenters. The van der Waals surface area contributed by atoms with E-state index in [4.69, 9.17) is 16.3 Å². The molecule has 0 aliphatic heterocycles. The van der Waals surface area contributed by atoms with Crippen LogP contribution >= 0.6 is 11.6 Å². The molecule has 0 bridgehead atoms.